The van der Waals surface area contributed by atoms with Crippen molar-refractivity contribution in [2.24, 2.45) is 0 Å². The molecule has 1 fully saturated rings. The zero-order valence-electron chi connectivity index (χ0n) is 16.4. The fourth-order valence-electron chi connectivity index (χ4n) is 3.57. The number of rotatable bonds is 4. The molecule has 1 unspecified atom stereocenters. The molecule has 2 aromatic rings. The van der Waals surface area contributed by atoms with E-state index in [9.17, 15) is 22.4 Å². The van der Waals surface area contributed by atoms with Gasteiger partial charge in [-0.1, -0.05) is 11.6 Å². The number of methoxy groups -OCH3 is 1. The first-order valence-corrected chi connectivity index (χ1v) is 9.64. The van der Waals surface area contributed by atoms with E-state index in [0.29, 0.717) is 0 Å². The summed E-state index contributed by atoms with van der Waals surface area (Å²) in [6, 6.07) is 8.35. The van der Waals surface area contributed by atoms with E-state index < -0.39 is 29.2 Å². The van der Waals surface area contributed by atoms with Gasteiger partial charge in [0.05, 0.1) is 34.9 Å². The maximum absolute atomic E-state index is 13.4. The zero-order chi connectivity index (χ0) is 22.8. The fraction of sp³-hybridized carbons (Fsp3) is 0.333. The number of nitrogens with zero attached hydrogens (tertiary/aromatic N) is 3. The lowest BCUT2D eigenvalue weighted by molar-refractivity contribution is -0.137. The minimum absolute atomic E-state index is 0.162. The lowest BCUT2D eigenvalue weighted by Crippen LogP contribution is -2.56. The van der Waals surface area contributed by atoms with Crippen molar-refractivity contribution in [2.45, 2.75) is 12.2 Å². The highest BCUT2D eigenvalue weighted by Gasteiger charge is 2.36. The van der Waals surface area contributed by atoms with Crippen molar-refractivity contribution < 1.29 is 27.1 Å². The summed E-state index contributed by atoms with van der Waals surface area (Å²) in [6.07, 6.45) is -4.67. The Balaban J connectivity index is 1.86. The van der Waals surface area contributed by atoms with Crippen molar-refractivity contribution in [3.63, 3.8) is 0 Å². The molecular weight excluding hydrogens is 438 g/mol. The first kappa shape index (κ1) is 22.8. The van der Waals surface area contributed by atoms with Gasteiger partial charge in [0.15, 0.2) is 0 Å². The van der Waals surface area contributed by atoms with Crippen molar-refractivity contribution >= 4 is 23.2 Å². The number of nitriles is 1. The van der Waals surface area contributed by atoms with E-state index in [1.807, 2.05) is 0 Å². The van der Waals surface area contributed by atoms with Gasteiger partial charge in [-0.3, -0.25) is 4.79 Å². The van der Waals surface area contributed by atoms with Crippen LogP contribution in [0.5, 0.6) is 0 Å². The van der Waals surface area contributed by atoms with E-state index in [0.717, 1.165) is 18.2 Å². The molecule has 31 heavy (non-hydrogen) atoms. The second-order valence-electron chi connectivity index (χ2n) is 7.02. The highest BCUT2D eigenvalue weighted by Crippen LogP contribution is 2.35. The summed E-state index contributed by atoms with van der Waals surface area (Å²) in [4.78, 5) is 16.1. The number of piperazine rings is 1. The third-order valence-corrected chi connectivity index (χ3v) is 5.35. The molecule has 0 bridgehead atoms. The van der Waals surface area contributed by atoms with Crippen LogP contribution in [0.2, 0.25) is 5.02 Å². The quantitative estimate of drug-likeness (QED) is 0.643. The van der Waals surface area contributed by atoms with Crippen molar-refractivity contribution in [1.82, 2.24) is 4.90 Å². The molecule has 5 nitrogen and oxygen atoms in total. The molecule has 1 heterocycles. The van der Waals surface area contributed by atoms with Crippen molar-refractivity contribution in [1.29, 1.82) is 5.26 Å². The predicted molar refractivity (Wildman–Crippen MR) is 106 cm³/mol. The summed E-state index contributed by atoms with van der Waals surface area (Å²) in [5.74, 6) is -1.000. The monoisotopic (exact) mass is 455 g/mol. The molecule has 164 valence electrons. The third-order valence-electron chi connectivity index (χ3n) is 5.06. The fourth-order valence-corrected chi connectivity index (χ4v) is 3.75. The lowest BCUT2D eigenvalue weighted by Gasteiger charge is -2.42. The number of carbonyl (C=O) groups is 1. The van der Waals surface area contributed by atoms with Gasteiger partial charge in [0.1, 0.15) is 5.82 Å². The van der Waals surface area contributed by atoms with E-state index in [-0.39, 0.29) is 48.4 Å². The molecule has 1 aliphatic heterocycles. The highest BCUT2D eigenvalue weighted by atomic mass is 35.5. The van der Waals surface area contributed by atoms with Crippen molar-refractivity contribution in [2.75, 3.05) is 38.3 Å². The minimum Gasteiger partial charge on any atom is -0.382 e. The Morgan fingerprint density at radius 3 is 2.61 bits per heavy atom. The molecule has 1 saturated heterocycles. The third kappa shape index (κ3) is 4.92. The Morgan fingerprint density at radius 1 is 1.26 bits per heavy atom. The molecule has 0 N–H and O–H groups in total. The molecule has 3 rings (SSSR count). The molecular formula is C21H18ClF4N3O2. The molecule has 0 spiro atoms. The number of anilines is 1. The lowest BCUT2D eigenvalue weighted by atomic mass is 10.0. The second kappa shape index (κ2) is 9.12. The number of benzene rings is 2. The second-order valence-corrected chi connectivity index (χ2v) is 7.43. The van der Waals surface area contributed by atoms with Crippen LogP contribution in [0.25, 0.3) is 0 Å². The molecule has 0 saturated carbocycles. The number of hydrogen-bond acceptors (Lipinski definition) is 4. The van der Waals surface area contributed by atoms with Crippen molar-refractivity contribution in [3.8, 4) is 6.07 Å². The van der Waals surface area contributed by atoms with Gasteiger partial charge in [-0.15, -0.1) is 0 Å². The Kier molecular flexibility index (Phi) is 6.72. The maximum Gasteiger partial charge on any atom is 0.417 e. The Morgan fingerprint density at radius 2 is 2.00 bits per heavy atom. The largest absolute Gasteiger partial charge is 0.417 e. The summed E-state index contributed by atoms with van der Waals surface area (Å²) in [6.45, 7) is 0.825. The summed E-state index contributed by atoms with van der Waals surface area (Å²) in [7, 11) is 1.46. The SMILES string of the molecule is COCC1CN(C(=O)c2ccc(F)c(Cl)c2)CCN1c1ccc(C#N)c(C(F)(F)F)c1. The Labute approximate surface area is 181 Å². The predicted octanol–water partition coefficient (Wildman–Crippen LogP) is 4.35. The molecule has 1 amide bonds. The van der Waals surface area contributed by atoms with Gasteiger partial charge >= 0.3 is 6.18 Å². The van der Waals surface area contributed by atoms with Crippen LogP contribution in [0, 0.1) is 17.1 Å². The Hall–Kier alpha value is -2.83. The van der Waals surface area contributed by atoms with E-state index in [1.165, 1.54) is 30.2 Å². The number of halogens is 5. The van der Waals surface area contributed by atoms with Gasteiger partial charge in [-0.2, -0.15) is 18.4 Å². The van der Waals surface area contributed by atoms with Crippen molar-refractivity contribution in [3.05, 3.63) is 63.9 Å². The molecule has 10 heteroatoms. The van der Waals surface area contributed by atoms with Crippen LogP contribution in [0.4, 0.5) is 23.2 Å². The summed E-state index contributed by atoms with van der Waals surface area (Å²) in [5, 5.41) is 8.83. The van der Waals surface area contributed by atoms with Crippen LogP contribution in [0.15, 0.2) is 36.4 Å². The first-order valence-electron chi connectivity index (χ1n) is 9.27. The van der Waals surface area contributed by atoms with Gasteiger partial charge in [0.2, 0.25) is 0 Å². The zero-order valence-corrected chi connectivity index (χ0v) is 17.2. The van der Waals surface area contributed by atoms with Crippen LogP contribution < -0.4 is 4.90 Å². The summed E-state index contributed by atoms with van der Waals surface area (Å²) < 4.78 is 58.7. The van der Waals surface area contributed by atoms with Crippen LogP contribution in [-0.2, 0) is 10.9 Å². The van der Waals surface area contributed by atoms with Crippen LogP contribution >= 0.6 is 11.6 Å². The van der Waals surface area contributed by atoms with Gasteiger partial charge < -0.3 is 14.5 Å². The number of ether oxygens (including phenoxy) is 1. The first-order chi connectivity index (χ1) is 14.7. The van der Waals surface area contributed by atoms with Crippen LogP contribution in [-0.4, -0.2) is 50.2 Å². The smallest absolute Gasteiger partial charge is 0.382 e. The average Bonchev–Trinajstić information content (AvgIpc) is 2.74. The maximum atomic E-state index is 13.4. The summed E-state index contributed by atoms with van der Waals surface area (Å²) >= 11 is 5.77. The van der Waals surface area contributed by atoms with E-state index in [1.54, 1.807) is 11.0 Å². The van der Waals surface area contributed by atoms with E-state index in [4.69, 9.17) is 21.6 Å². The summed E-state index contributed by atoms with van der Waals surface area (Å²) in [5.41, 5.74) is -0.969. The number of hydrogen-bond donors (Lipinski definition) is 0. The van der Waals surface area contributed by atoms with Crippen LogP contribution in [0.3, 0.4) is 0 Å². The molecule has 0 aliphatic carbocycles. The molecule has 0 radical (unpaired) electrons. The van der Waals surface area contributed by atoms with Gasteiger partial charge in [-0.05, 0) is 36.4 Å². The minimum atomic E-state index is -4.67. The molecule has 1 atom stereocenters. The Bertz CT molecular complexity index is 1020. The number of amides is 1. The van der Waals surface area contributed by atoms with Gasteiger partial charge in [0.25, 0.3) is 5.91 Å². The van der Waals surface area contributed by atoms with Gasteiger partial charge in [0, 0.05) is 38.0 Å². The molecule has 2 aromatic carbocycles. The number of carbonyl (C=O) groups excluding carboxylic acids is 1. The topological polar surface area (TPSA) is 56.6 Å². The van der Waals surface area contributed by atoms with Crippen LogP contribution in [0.1, 0.15) is 21.5 Å². The van der Waals surface area contributed by atoms with Gasteiger partial charge in [-0.25, -0.2) is 4.39 Å². The molecule has 0 aromatic heterocycles. The van der Waals surface area contributed by atoms with E-state index >= 15 is 0 Å². The number of alkyl halides is 3. The standard InChI is InChI=1S/C21H18ClF4N3O2/c1-31-12-16-11-28(20(30)13-3-5-19(23)18(22)8-13)6-7-29(16)15-4-2-14(10-27)17(9-15)21(24,25)26/h2-5,8-9,16H,6-7,11-12H2,1H3. The highest BCUT2D eigenvalue weighted by molar-refractivity contribution is 6.31. The molecule has 1 aliphatic rings. The normalized spacial score (nSPS) is 16.9. The van der Waals surface area contributed by atoms with E-state index in [2.05, 4.69) is 0 Å². The average molecular weight is 456 g/mol.